The summed E-state index contributed by atoms with van der Waals surface area (Å²) in [4.78, 5) is 0. The number of hydrogen-bond donors (Lipinski definition) is 1. The Hall–Kier alpha value is -0.0900. The maximum absolute atomic E-state index is 11.5. The molecule has 0 aromatic heterocycles. The van der Waals surface area contributed by atoms with Crippen LogP contribution in [-0.2, 0) is 9.84 Å². The molecule has 0 aromatic carbocycles. The van der Waals surface area contributed by atoms with E-state index in [9.17, 15) is 8.42 Å². The minimum atomic E-state index is -2.87. The minimum Gasteiger partial charge on any atom is -0.327 e. The molecule has 0 radical (unpaired) electrons. The molecule has 0 saturated heterocycles. The van der Waals surface area contributed by atoms with Crippen molar-refractivity contribution in [1.82, 2.24) is 0 Å². The second-order valence-corrected chi connectivity index (χ2v) is 8.56. The SMILES string of the molecule is CC(C)S(=O)(=O)CCCCC(N)C(C)(C)C. The van der Waals surface area contributed by atoms with Crippen LogP contribution < -0.4 is 5.73 Å². The Balaban J connectivity index is 3.87. The Morgan fingerprint density at radius 2 is 1.62 bits per heavy atom. The molecule has 0 aliphatic heterocycles. The van der Waals surface area contributed by atoms with Gasteiger partial charge in [0.1, 0.15) is 0 Å². The quantitative estimate of drug-likeness (QED) is 0.735. The van der Waals surface area contributed by atoms with Crippen LogP contribution >= 0.6 is 0 Å². The minimum absolute atomic E-state index is 0.108. The first-order valence-corrected chi connectivity index (χ1v) is 7.76. The molecule has 0 amide bonds. The van der Waals surface area contributed by atoms with Crippen LogP contribution in [0.25, 0.3) is 0 Å². The molecule has 0 aromatic rings. The lowest BCUT2D eigenvalue weighted by Gasteiger charge is -2.26. The van der Waals surface area contributed by atoms with Gasteiger partial charge in [-0.25, -0.2) is 8.42 Å². The van der Waals surface area contributed by atoms with E-state index < -0.39 is 9.84 Å². The summed E-state index contributed by atoms with van der Waals surface area (Å²) in [6, 6.07) is 0.147. The summed E-state index contributed by atoms with van der Waals surface area (Å²) in [6.45, 7) is 9.81. The van der Waals surface area contributed by atoms with Crippen molar-refractivity contribution in [2.75, 3.05) is 5.75 Å². The first-order valence-electron chi connectivity index (χ1n) is 6.04. The predicted molar refractivity (Wildman–Crippen MR) is 70.2 cm³/mol. The summed E-state index contributed by atoms with van der Waals surface area (Å²) in [5.41, 5.74) is 6.12. The third kappa shape index (κ3) is 5.85. The van der Waals surface area contributed by atoms with Gasteiger partial charge in [-0.05, 0) is 32.1 Å². The molecule has 3 nitrogen and oxygen atoms in total. The van der Waals surface area contributed by atoms with Crippen molar-refractivity contribution in [1.29, 1.82) is 0 Å². The highest BCUT2D eigenvalue weighted by atomic mass is 32.2. The summed E-state index contributed by atoms with van der Waals surface area (Å²) < 4.78 is 23.1. The molecule has 0 bridgehead atoms. The zero-order valence-electron chi connectivity index (χ0n) is 11.3. The van der Waals surface area contributed by atoms with Crippen LogP contribution in [0, 0.1) is 5.41 Å². The van der Waals surface area contributed by atoms with Gasteiger partial charge in [-0.15, -0.1) is 0 Å². The number of nitrogens with two attached hydrogens (primary N) is 1. The molecule has 2 N–H and O–H groups in total. The predicted octanol–water partition coefficient (Wildman–Crippen LogP) is 2.35. The molecule has 0 aliphatic rings. The van der Waals surface area contributed by atoms with Crippen LogP contribution in [0.2, 0.25) is 0 Å². The van der Waals surface area contributed by atoms with Gasteiger partial charge in [0, 0.05) is 6.04 Å². The van der Waals surface area contributed by atoms with Crippen LogP contribution in [0.5, 0.6) is 0 Å². The van der Waals surface area contributed by atoms with Gasteiger partial charge < -0.3 is 5.73 Å². The third-order valence-electron chi connectivity index (χ3n) is 3.02. The van der Waals surface area contributed by atoms with Gasteiger partial charge in [-0.1, -0.05) is 27.2 Å². The molecule has 1 unspecified atom stereocenters. The van der Waals surface area contributed by atoms with E-state index in [4.69, 9.17) is 5.73 Å². The normalized spacial score (nSPS) is 15.4. The average molecular weight is 249 g/mol. The zero-order valence-corrected chi connectivity index (χ0v) is 12.1. The molecular weight excluding hydrogens is 222 g/mol. The van der Waals surface area contributed by atoms with E-state index in [2.05, 4.69) is 20.8 Å². The maximum Gasteiger partial charge on any atom is 0.152 e. The van der Waals surface area contributed by atoms with E-state index in [-0.39, 0.29) is 16.7 Å². The monoisotopic (exact) mass is 249 g/mol. The molecule has 0 aliphatic carbocycles. The van der Waals surface area contributed by atoms with Crippen molar-refractivity contribution in [3.05, 3.63) is 0 Å². The van der Waals surface area contributed by atoms with Crippen LogP contribution in [0.15, 0.2) is 0 Å². The molecule has 98 valence electrons. The summed E-state index contributed by atoms with van der Waals surface area (Å²) in [6.07, 6.45) is 2.52. The fourth-order valence-corrected chi connectivity index (χ4v) is 2.41. The molecule has 0 saturated carbocycles. The topological polar surface area (TPSA) is 60.2 Å². The molecule has 0 rings (SSSR count). The molecule has 0 spiro atoms. The molecule has 16 heavy (non-hydrogen) atoms. The standard InChI is InChI=1S/C12H27NO2S/c1-10(2)16(14,15)9-7-6-8-11(13)12(3,4)5/h10-11H,6-9,13H2,1-5H3. The van der Waals surface area contributed by atoms with E-state index in [0.29, 0.717) is 5.75 Å². The van der Waals surface area contributed by atoms with Crippen LogP contribution in [-0.4, -0.2) is 25.5 Å². The van der Waals surface area contributed by atoms with Gasteiger partial charge in [0.15, 0.2) is 9.84 Å². The van der Waals surface area contributed by atoms with Crippen molar-refractivity contribution in [2.24, 2.45) is 11.1 Å². The summed E-state index contributed by atoms with van der Waals surface area (Å²) >= 11 is 0. The summed E-state index contributed by atoms with van der Waals surface area (Å²) in [5, 5.41) is -0.260. The van der Waals surface area contributed by atoms with E-state index in [1.54, 1.807) is 13.8 Å². The molecule has 0 fully saturated rings. The van der Waals surface area contributed by atoms with Gasteiger partial charge >= 0.3 is 0 Å². The van der Waals surface area contributed by atoms with Crippen molar-refractivity contribution in [3.63, 3.8) is 0 Å². The molecular formula is C12H27NO2S. The van der Waals surface area contributed by atoms with E-state index >= 15 is 0 Å². The zero-order chi connectivity index (χ0) is 13.0. The number of sulfone groups is 1. The number of rotatable bonds is 6. The third-order valence-corrected chi connectivity index (χ3v) is 5.32. The summed E-state index contributed by atoms with van der Waals surface area (Å²) in [5.74, 6) is 0.293. The van der Waals surface area contributed by atoms with Gasteiger partial charge in [-0.2, -0.15) is 0 Å². The van der Waals surface area contributed by atoms with E-state index in [1.807, 2.05) is 0 Å². The van der Waals surface area contributed by atoms with Crippen molar-refractivity contribution >= 4 is 9.84 Å². The Kier molecular flexibility index (Phi) is 5.98. The van der Waals surface area contributed by atoms with E-state index in [1.165, 1.54) is 0 Å². The lowest BCUT2D eigenvalue weighted by atomic mass is 9.84. The first kappa shape index (κ1) is 15.9. The molecule has 0 heterocycles. The van der Waals surface area contributed by atoms with Crippen LogP contribution in [0.1, 0.15) is 53.9 Å². The largest absolute Gasteiger partial charge is 0.327 e. The maximum atomic E-state index is 11.5. The van der Waals surface area contributed by atoms with Gasteiger partial charge in [0.05, 0.1) is 11.0 Å². The highest BCUT2D eigenvalue weighted by molar-refractivity contribution is 7.91. The smallest absolute Gasteiger partial charge is 0.152 e. The number of unbranched alkanes of at least 4 members (excludes halogenated alkanes) is 1. The first-order chi connectivity index (χ1) is 7.07. The highest BCUT2D eigenvalue weighted by Crippen LogP contribution is 2.21. The second kappa shape index (κ2) is 6.01. The number of hydrogen-bond acceptors (Lipinski definition) is 3. The summed E-state index contributed by atoms with van der Waals surface area (Å²) in [7, 11) is -2.87. The average Bonchev–Trinajstić information content (AvgIpc) is 2.10. The highest BCUT2D eigenvalue weighted by Gasteiger charge is 2.20. The fourth-order valence-electron chi connectivity index (χ4n) is 1.34. The lowest BCUT2D eigenvalue weighted by molar-refractivity contribution is 0.300. The van der Waals surface area contributed by atoms with Gasteiger partial charge in [0.25, 0.3) is 0 Å². The fraction of sp³-hybridized carbons (Fsp3) is 1.00. The van der Waals surface area contributed by atoms with Gasteiger partial charge in [-0.3, -0.25) is 0 Å². The van der Waals surface area contributed by atoms with Crippen molar-refractivity contribution in [3.8, 4) is 0 Å². The Bertz CT molecular complexity index is 289. The Labute approximate surface area is 101 Å². The van der Waals surface area contributed by atoms with Crippen LogP contribution in [0.3, 0.4) is 0 Å². The van der Waals surface area contributed by atoms with Crippen molar-refractivity contribution in [2.45, 2.75) is 65.2 Å². The van der Waals surface area contributed by atoms with Crippen molar-refractivity contribution < 1.29 is 8.42 Å². The lowest BCUT2D eigenvalue weighted by Crippen LogP contribution is -2.34. The van der Waals surface area contributed by atoms with Gasteiger partial charge in [0.2, 0.25) is 0 Å². The van der Waals surface area contributed by atoms with E-state index in [0.717, 1.165) is 19.3 Å². The molecule has 1 atom stereocenters. The molecule has 4 heteroatoms. The Morgan fingerprint density at radius 3 is 2.00 bits per heavy atom. The second-order valence-electron chi connectivity index (χ2n) is 5.88. The van der Waals surface area contributed by atoms with Crippen LogP contribution in [0.4, 0.5) is 0 Å². The Morgan fingerprint density at radius 1 is 1.12 bits per heavy atom.